The van der Waals surface area contributed by atoms with Gasteiger partial charge in [-0.05, 0) is 42.9 Å². The average Bonchev–Trinajstić information content (AvgIpc) is 2.66. The molecular weight excluding hydrogens is 416 g/mol. The van der Waals surface area contributed by atoms with Gasteiger partial charge in [0.25, 0.3) is 0 Å². The van der Waals surface area contributed by atoms with Crippen LogP contribution in [0.4, 0.5) is 0 Å². The van der Waals surface area contributed by atoms with Crippen LogP contribution in [-0.4, -0.2) is 30.2 Å². The van der Waals surface area contributed by atoms with Crippen LogP contribution in [0.2, 0.25) is 0 Å². The molecule has 0 bridgehead atoms. The maximum atomic E-state index is 12.8. The van der Waals surface area contributed by atoms with Crippen molar-refractivity contribution in [3.05, 3.63) is 65.7 Å². The molecule has 0 aliphatic carbocycles. The molecule has 0 heterocycles. The summed E-state index contributed by atoms with van der Waals surface area (Å²) in [6.45, 7) is 7.94. The molecule has 0 radical (unpaired) electrons. The third kappa shape index (κ3) is 7.16. The predicted molar refractivity (Wildman–Crippen MR) is 119 cm³/mol. The molecule has 0 amide bonds. The van der Waals surface area contributed by atoms with Crippen LogP contribution in [0.25, 0.3) is 0 Å². The Morgan fingerprint density at radius 1 is 0.903 bits per heavy atom. The average molecular weight is 449 g/mol. The number of benzene rings is 2. The predicted octanol–water partition coefficient (Wildman–Crippen LogP) is 4.48. The van der Waals surface area contributed by atoms with E-state index in [-0.39, 0.29) is 34.3 Å². The smallest absolute Gasteiger partial charge is 0.354 e. The summed E-state index contributed by atoms with van der Waals surface area (Å²) in [4.78, 5) is 12.0. The lowest BCUT2D eigenvalue weighted by molar-refractivity contribution is -0.0416. The zero-order valence-corrected chi connectivity index (χ0v) is 19.3. The van der Waals surface area contributed by atoms with Crippen LogP contribution in [0.1, 0.15) is 69.0 Å². The van der Waals surface area contributed by atoms with E-state index in [1.54, 1.807) is 24.3 Å². The number of rotatable bonds is 10. The Balaban J connectivity index is 2.32. The first-order valence-corrected chi connectivity index (χ1v) is 11.9. The van der Waals surface area contributed by atoms with Crippen LogP contribution in [0.3, 0.4) is 0 Å². The van der Waals surface area contributed by atoms with E-state index >= 15 is 0 Å². The maximum absolute atomic E-state index is 12.8. The lowest BCUT2D eigenvalue weighted by Gasteiger charge is -2.34. The number of hydrogen-bond donors (Lipinski definition) is 2. The van der Waals surface area contributed by atoms with Crippen molar-refractivity contribution in [3.8, 4) is 0 Å². The van der Waals surface area contributed by atoms with Gasteiger partial charge in [-0.3, -0.25) is 0 Å². The molecular formula is C24H32O6S. The number of carbonyl (C=O) groups is 1. The van der Waals surface area contributed by atoms with Crippen LogP contribution >= 0.6 is 0 Å². The second kappa shape index (κ2) is 10.4. The molecule has 0 saturated carbocycles. The minimum Gasteiger partial charge on any atom is -0.390 e. The number of aliphatic hydroxyl groups is 2. The van der Waals surface area contributed by atoms with Crippen molar-refractivity contribution >= 4 is 16.1 Å². The van der Waals surface area contributed by atoms with Crippen LogP contribution in [0, 0.1) is 11.8 Å². The van der Waals surface area contributed by atoms with Crippen molar-refractivity contribution in [2.45, 2.75) is 63.6 Å². The third-order valence-corrected chi connectivity index (χ3v) is 6.17. The molecule has 0 fully saturated rings. The molecule has 31 heavy (non-hydrogen) atoms. The van der Waals surface area contributed by atoms with E-state index in [2.05, 4.69) is 0 Å². The molecule has 170 valence electrons. The summed E-state index contributed by atoms with van der Waals surface area (Å²) < 4.78 is 30.5. The van der Waals surface area contributed by atoms with Gasteiger partial charge in [-0.15, -0.1) is 0 Å². The Bertz CT molecular complexity index is 957. The van der Waals surface area contributed by atoms with E-state index in [1.165, 1.54) is 30.3 Å². The van der Waals surface area contributed by atoms with Crippen molar-refractivity contribution < 1.29 is 27.6 Å². The highest BCUT2D eigenvalue weighted by Gasteiger charge is 2.34. The second-order valence-corrected chi connectivity index (χ2v) is 10.4. The van der Waals surface area contributed by atoms with Gasteiger partial charge in [0.1, 0.15) is 4.90 Å². The molecule has 1 atom stereocenters. The first-order valence-electron chi connectivity index (χ1n) is 10.5. The first kappa shape index (κ1) is 25.0. The third-order valence-electron chi connectivity index (χ3n) is 4.89. The van der Waals surface area contributed by atoms with Crippen molar-refractivity contribution in [3.63, 3.8) is 0 Å². The van der Waals surface area contributed by atoms with E-state index in [1.807, 2.05) is 27.7 Å². The molecule has 7 heteroatoms. The molecule has 0 aromatic heterocycles. The second-order valence-electron chi connectivity index (χ2n) is 8.87. The SMILES string of the molecule is CC(C)CC(O)(CC(C)C)CC(O)c1ccccc1S(=O)(=O)OC(=O)c1ccccc1. The Kier molecular flexibility index (Phi) is 8.40. The summed E-state index contributed by atoms with van der Waals surface area (Å²) in [5.41, 5.74) is -0.957. The van der Waals surface area contributed by atoms with Crippen molar-refractivity contribution in [1.82, 2.24) is 0 Å². The summed E-state index contributed by atoms with van der Waals surface area (Å²) >= 11 is 0. The fourth-order valence-electron chi connectivity index (χ4n) is 3.99. The quantitative estimate of drug-likeness (QED) is 0.520. The van der Waals surface area contributed by atoms with Gasteiger partial charge < -0.3 is 14.4 Å². The number of carbonyl (C=O) groups excluding carboxylic acids is 1. The van der Waals surface area contributed by atoms with Crippen molar-refractivity contribution in [1.29, 1.82) is 0 Å². The molecule has 0 saturated heterocycles. The Hall–Kier alpha value is -2.22. The van der Waals surface area contributed by atoms with Gasteiger partial charge in [-0.2, -0.15) is 8.42 Å². The van der Waals surface area contributed by atoms with Gasteiger partial charge in [0, 0.05) is 12.0 Å². The topological polar surface area (TPSA) is 101 Å². The molecule has 0 aliphatic rings. The maximum Gasteiger partial charge on any atom is 0.354 e. The fourth-order valence-corrected chi connectivity index (χ4v) is 5.11. The van der Waals surface area contributed by atoms with E-state index in [9.17, 15) is 23.4 Å². The molecule has 2 rings (SSSR count). The van der Waals surface area contributed by atoms with Crippen molar-refractivity contribution in [2.75, 3.05) is 0 Å². The Labute approximate surface area is 185 Å². The van der Waals surface area contributed by atoms with Gasteiger partial charge >= 0.3 is 16.1 Å². The minimum atomic E-state index is -4.48. The van der Waals surface area contributed by atoms with Crippen LogP contribution < -0.4 is 0 Å². The summed E-state index contributed by atoms with van der Waals surface area (Å²) in [7, 11) is -4.48. The first-order chi connectivity index (χ1) is 14.4. The number of aliphatic hydroxyl groups excluding tert-OH is 1. The van der Waals surface area contributed by atoms with Crippen LogP contribution in [0.5, 0.6) is 0 Å². The lowest BCUT2D eigenvalue weighted by atomic mass is 9.80. The van der Waals surface area contributed by atoms with Gasteiger partial charge in [-0.25, -0.2) is 4.79 Å². The summed E-state index contributed by atoms with van der Waals surface area (Å²) in [6, 6.07) is 13.7. The summed E-state index contributed by atoms with van der Waals surface area (Å²) in [5, 5.41) is 22.1. The molecule has 6 nitrogen and oxygen atoms in total. The standard InChI is InChI=1S/C24H32O6S/c1-17(2)14-24(27,15-18(3)4)16-21(25)20-12-8-9-13-22(20)31(28,29)30-23(26)19-10-6-5-7-11-19/h5-13,17-18,21,25,27H,14-16H2,1-4H3. The highest BCUT2D eigenvalue weighted by atomic mass is 32.2. The molecule has 0 spiro atoms. The normalized spacial score (nSPS) is 13.4. The highest BCUT2D eigenvalue weighted by molar-refractivity contribution is 7.87. The molecule has 0 aliphatic heterocycles. The molecule has 2 aromatic rings. The van der Waals surface area contributed by atoms with Gasteiger partial charge in [-0.1, -0.05) is 64.1 Å². The van der Waals surface area contributed by atoms with E-state index in [4.69, 9.17) is 4.18 Å². The zero-order valence-electron chi connectivity index (χ0n) is 18.5. The number of hydrogen-bond acceptors (Lipinski definition) is 6. The summed E-state index contributed by atoms with van der Waals surface area (Å²) in [6.07, 6.45) is -0.327. The van der Waals surface area contributed by atoms with Crippen molar-refractivity contribution in [2.24, 2.45) is 11.8 Å². The van der Waals surface area contributed by atoms with Crippen LogP contribution in [0.15, 0.2) is 59.5 Å². The molecule has 2 N–H and O–H groups in total. The van der Waals surface area contributed by atoms with Gasteiger partial charge in [0.2, 0.25) is 0 Å². The lowest BCUT2D eigenvalue weighted by Crippen LogP contribution is -2.34. The molecule has 1 unspecified atom stereocenters. The summed E-state index contributed by atoms with van der Waals surface area (Å²) in [5.74, 6) is -0.607. The fraction of sp³-hybridized carbons (Fsp3) is 0.458. The Morgan fingerprint density at radius 3 is 1.97 bits per heavy atom. The largest absolute Gasteiger partial charge is 0.390 e. The van der Waals surface area contributed by atoms with Gasteiger partial charge in [0.05, 0.1) is 17.3 Å². The van der Waals surface area contributed by atoms with Crippen LogP contribution in [-0.2, 0) is 14.3 Å². The van der Waals surface area contributed by atoms with Gasteiger partial charge in [0.15, 0.2) is 0 Å². The Morgan fingerprint density at radius 2 is 1.42 bits per heavy atom. The molecule has 2 aromatic carbocycles. The highest BCUT2D eigenvalue weighted by Crippen LogP contribution is 2.36. The van der Waals surface area contributed by atoms with E-state index in [0.717, 1.165) is 0 Å². The minimum absolute atomic E-state index is 0.0253. The monoisotopic (exact) mass is 448 g/mol. The van der Waals surface area contributed by atoms with E-state index < -0.39 is 27.8 Å². The van der Waals surface area contributed by atoms with E-state index in [0.29, 0.717) is 12.8 Å². The zero-order chi connectivity index (χ0) is 23.2.